The van der Waals surface area contributed by atoms with E-state index in [4.69, 9.17) is 0 Å². The Kier molecular flexibility index (Phi) is 1.66. The summed E-state index contributed by atoms with van der Waals surface area (Å²) in [7, 11) is 0. The number of aromatic nitrogens is 1. The SMILES string of the molecule is Fc1cc(F)c(S)cn1. The molecule has 0 saturated heterocycles. The summed E-state index contributed by atoms with van der Waals surface area (Å²) in [5.74, 6) is -1.52. The summed E-state index contributed by atoms with van der Waals surface area (Å²) in [6.07, 6.45) is 1.02. The van der Waals surface area contributed by atoms with Gasteiger partial charge in [0.05, 0.1) is 4.90 Å². The second kappa shape index (κ2) is 2.31. The zero-order valence-electron chi connectivity index (χ0n) is 4.31. The summed E-state index contributed by atoms with van der Waals surface area (Å²) in [6, 6.07) is 0.683. The van der Waals surface area contributed by atoms with Crippen molar-refractivity contribution in [2.45, 2.75) is 4.90 Å². The predicted octanol–water partition coefficient (Wildman–Crippen LogP) is 1.65. The molecule has 9 heavy (non-hydrogen) atoms. The van der Waals surface area contributed by atoms with Gasteiger partial charge in [-0.1, -0.05) is 0 Å². The van der Waals surface area contributed by atoms with E-state index in [2.05, 4.69) is 17.6 Å². The van der Waals surface area contributed by atoms with Gasteiger partial charge in [-0.15, -0.1) is 12.6 Å². The number of thiol groups is 1. The fourth-order valence-corrected chi connectivity index (χ4v) is 0.523. The minimum Gasteiger partial charge on any atom is -0.227 e. The van der Waals surface area contributed by atoms with Crippen molar-refractivity contribution in [3.63, 3.8) is 0 Å². The molecule has 0 radical (unpaired) electrons. The van der Waals surface area contributed by atoms with Crippen LogP contribution in [0.3, 0.4) is 0 Å². The van der Waals surface area contributed by atoms with Gasteiger partial charge in [0, 0.05) is 12.3 Å². The van der Waals surface area contributed by atoms with Crippen molar-refractivity contribution in [3.05, 3.63) is 24.0 Å². The molecule has 0 aliphatic rings. The first-order valence-corrected chi connectivity index (χ1v) is 2.65. The van der Waals surface area contributed by atoms with Crippen LogP contribution in [0.15, 0.2) is 17.2 Å². The van der Waals surface area contributed by atoms with Crippen molar-refractivity contribution in [2.24, 2.45) is 0 Å². The molecule has 0 atom stereocenters. The standard InChI is InChI=1S/C5H3F2NS/c6-3-1-5(7)8-2-4(3)9/h1-2,9H. The molecule has 0 aliphatic carbocycles. The molecule has 1 nitrogen and oxygen atoms in total. The van der Waals surface area contributed by atoms with Crippen molar-refractivity contribution < 1.29 is 8.78 Å². The van der Waals surface area contributed by atoms with E-state index in [1.165, 1.54) is 0 Å². The van der Waals surface area contributed by atoms with Crippen molar-refractivity contribution >= 4 is 12.6 Å². The number of hydrogen-bond acceptors (Lipinski definition) is 2. The van der Waals surface area contributed by atoms with Crippen LogP contribution in [0.2, 0.25) is 0 Å². The maximum Gasteiger partial charge on any atom is 0.215 e. The molecule has 0 aromatic carbocycles. The van der Waals surface area contributed by atoms with Crippen LogP contribution < -0.4 is 0 Å². The van der Waals surface area contributed by atoms with Gasteiger partial charge < -0.3 is 0 Å². The van der Waals surface area contributed by atoms with Gasteiger partial charge in [-0.25, -0.2) is 9.37 Å². The Morgan fingerprint density at radius 3 is 2.56 bits per heavy atom. The summed E-state index contributed by atoms with van der Waals surface area (Å²) in [5.41, 5.74) is 0. The molecule has 0 amide bonds. The molecule has 0 N–H and O–H groups in total. The Morgan fingerprint density at radius 1 is 1.44 bits per heavy atom. The van der Waals surface area contributed by atoms with Gasteiger partial charge in [-0.2, -0.15) is 4.39 Å². The largest absolute Gasteiger partial charge is 0.227 e. The fraction of sp³-hybridized carbons (Fsp3) is 0. The third-order valence-electron chi connectivity index (χ3n) is 0.801. The molecule has 1 heterocycles. The van der Waals surface area contributed by atoms with E-state index < -0.39 is 11.8 Å². The quantitative estimate of drug-likeness (QED) is 0.435. The summed E-state index contributed by atoms with van der Waals surface area (Å²) in [5, 5.41) is 0. The third-order valence-corrected chi connectivity index (χ3v) is 1.13. The molecule has 48 valence electrons. The van der Waals surface area contributed by atoms with E-state index in [1.54, 1.807) is 0 Å². The Balaban J connectivity index is 3.17. The maximum atomic E-state index is 12.2. The molecule has 0 fully saturated rings. The lowest BCUT2D eigenvalue weighted by atomic mass is 10.5. The summed E-state index contributed by atoms with van der Waals surface area (Å²) >= 11 is 3.64. The molecular formula is C5H3F2NS. The highest BCUT2D eigenvalue weighted by Crippen LogP contribution is 2.09. The second-order valence-corrected chi connectivity index (χ2v) is 1.94. The lowest BCUT2D eigenvalue weighted by Crippen LogP contribution is -1.84. The van der Waals surface area contributed by atoms with Gasteiger partial charge in [0.1, 0.15) is 5.82 Å². The van der Waals surface area contributed by atoms with Crippen LogP contribution in [0.4, 0.5) is 8.78 Å². The summed E-state index contributed by atoms with van der Waals surface area (Å²) in [4.78, 5) is 3.21. The number of halogens is 2. The Bertz CT molecular complexity index is 226. The zero-order valence-corrected chi connectivity index (χ0v) is 5.20. The third kappa shape index (κ3) is 1.38. The molecule has 1 aromatic heterocycles. The lowest BCUT2D eigenvalue weighted by Gasteiger charge is -1.90. The smallest absolute Gasteiger partial charge is 0.215 e. The molecule has 0 spiro atoms. The van der Waals surface area contributed by atoms with Gasteiger partial charge in [0.25, 0.3) is 0 Å². The van der Waals surface area contributed by atoms with Crippen LogP contribution in [0.5, 0.6) is 0 Å². The Morgan fingerprint density at radius 2 is 2.11 bits per heavy atom. The number of rotatable bonds is 0. The average molecular weight is 147 g/mol. The van der Waals surface area contributed by atoms with E-state index in [0.717, 1.165) is 6.20 Å². The van der Waals surface area contributed by atoms with Gasteiger partial charge in [0.2, 0.25) is 5.95 Å². The van der Waals surface area contributed by atoms with Crippen molar-refractivity contribution in [1.29, 1.82) is 0 Å². The van der Waals surface area contributed by atoms with Crippen LogP contribution in [0, 0.1) is 11.8 Å². The topological polar surface area (TPSA) is 12.9 Å². The van der Waals surface area contributed by atoms with Crippen LogP contribution in [0.1, 0.15) is 0 Å². The Hall–Kier alpha value is -0.640. The number of pyridine rings is 1. The number of hydrogen-bond donors (Lipinski definition) is 1. The second-order valence-electron chi connectivity index (χ2n) is 1.46. The van der Waals surface area contributed by atoms with E-state index in [1.807, 2.05) is 0 Å². The van der Waals surface area contributed by atoms with Crippen LogP contribution in [0.25, 0.3) is 0 Å². The molecule has 4 heteroatoms. The zero-order chi connectivity index (χ0) is 6.85. The van der Waals surface area contributed by atoms with Gasteiger partial charge >= 0.3 is 0 Å². The van der Waals surface area contributed by atoms with Gasteiger partial charge in [-0.3, -0.25) is 0 Å². The molecule has 1 aromatic rings. The first kappa shape index (κ1) is 6.48. The first-order valence-electron chi connectivity index (χ1n) is 2.20. The Labute approximate surface area is 56.1 Å². The molecule has 0 bridgehead atoms. The number of nitrogens with zero attached hydrogens (tertiary/aromatic N) is 1. The monoisotopic (exact) mass is 147 g/mol. The normalized spacial score (nSPS) is 9.67. The predicted molar refractivity (Wildman–Crippen MR) is 31.4 cm³/mol. The highest BCUT2D eigenvalue weighted by atomic mass is 32.1. The van der Waals surface area contributed by atoms with E-state index >= 15 is 0 Å². The first-order chi connectivity index (χ1) is 4.20. The summed E-state index contributed by atoms with van der Waals surface area (Å²) < 4.78 is 24.2. The average Bonchev–Trinajstić information content (AvgIpc) is 1.80. The van der Waals surface area contributed by atoms with Gasteiger partial charge in [0.15, 0.2) is 0 Å². The molecule has 0 unspecified atom stereocenters. The molecular weight excluding hydrogens is 144 g/mol. The minimum atomic E-state index is -0.828. The van der Waals surface area contributed by atoms with E-state index in [0.29, 0.717) is 6.07 Å². The van der Waals surface area contributed by atoms with E-state index in [-0.39, 0.29) is 4.90 Å². The van der Waals surface area contributed by atoms with Gasteiger partial charge in [-0.05, 0) is 0 Å². The summed E-state index contributed by atoms with van der Waals surface area (Å²) in [6.45, 7) is 0. The van der Waals surface area contributed by atoms with Crippen LogP contribution in [-0.2, 0) is 0 Å². The highest BCUT2D eigenvalue weighted by molar-refractivity contribution is 7.80. The minimum absolute atomic E-state index is 0.0522. The van der Waals surface area contributed by atoms with E-state index in [9.17, 15) is 8.78 Å². The van der Waals surface area contributed by atoms with Crippen molar-refractivity contribution in [3.8, 4) is 0 Å². The van der Waals surface area contributed by atoms with Crippen molar-refractivity contribution in [1.82, 2.24) is 4.98 Å². The molecule has 0 saturated carbocycles. The van der Waals surface area contributed by atoms with Crippen LogP contribution in [-0.4, -0.2) is 4.98 Å². The lowest BCUT2D eigenvalue weighted by molar-refractivity contribution is 0.537. The van der Waals surface area contributed by atoms with Crippen molar-refractivity contribution in [2.75, 3.05) is 0 Å². The maximum absolute atomic E-state index is 12.2. The highest BCUT2D eigenvalue weighted by Gasteiger charge is 1.98. The molecule has 1 rings (SSSR count). The van der Waals surface area contributed by atoms with Crippen LogP contribution >= 0.6 is 12.6 Å². The molecule has 0 aliphatic heterocycles. The fourth-order valence-electron chi connectivity index (χ4n) is 0.400.